The first-order valence-electron chi connectivity index (χ1n) is 7.54. The highest BCUT2D eigenvalue weighted by Gasteiger charge is 2.29. The third-order valence-corrected chi connectivity index (χ3v) is 4.81. The van der Waals surface area contributed by atoms with E-state index in [1.807, 2.05) is 0 Å². The van der Waals surface area contributed by atoms with Gasteiger partial charge in [-0.2, -0.15) is 4.57 Å². The molecular weight excluding hydrogens is 254 g/mol. The highest BCUT2D eigenvalue weighted by molar-refractivity contribution is 5.82. The Morgan fingerprint density at radius 2 is 1.71 bits per heavy atom. The molecule has 1 aliphatic carbocycles. The molecule has 0 unspecified atom stereocenters. The Kier molecular flexibility index (Phi) is 2.05. The average Bonchev–Trinajstić information content (AvgIpc) is 3.01. The van der Waals surface area contributed by atoms with Gasteiger partial charge in [0.05, 0.1) is 5.56 Å². The molecule has 0 spiro atoms. The molecule has 0 fully saturated rings. The van der Waals surface area contributed by atoms with Gasteiger partial charge >= 0.3 is 0 Å². The molecule has 0 atom stereocenters. The number of aromatic nitrogens is 1. The Morgan fingerprint density at radius 1 is 0.810 bits per heavy atom. The fourth-order valence-corrected chi connectivity index (χ4v) is 3.83. The number of hydrogen-bond acceptors (Lipinski definition) is 0. The van der Waals surface area contributed by atoms with Crippen molar-refractivity contribution in [3.8, 4) is 22.4 Å². The van der Waals surface area contributed by atoms with Crippen LogP contribution in [0.15, 0.2) is 54.7 Å². The number of fused-ring (bicyclic) bond motifs is 6. The van der Waals surface area contributed by atoms with E-state index in [1.54, 1.807) is 0 Å². The van der Waals surface area contributed by atoms with Gasteiger partial charge in [-0.15, -0.1) is 0 Å². The van der Waals surface area contributed by atoms with Crippen LogP contribution < -0.4 is 4.57 Å². The highest BCUT2D eigenvalue weighted by Crippen LogP contribution is 2.41. The number of rotatable bonds is 0. The molecule has 0 radical (unpaired) electrons. The highest BCUT2D eigenvalue weighted by atomic mass is 15.0. The topological polar surface area (TPSA) is 3.88 Å². The van der Waals surface area contributed by atoms with Gasteiger partial charge in [0.2, 0.25) is 5.69 Å². The monoisotopic (exact) mass is 270 g/mol. The summed E-state index contributed by atoms with van der Waals surface area (Å²) in [7, 11) is 0. The van der Waals surface area contributed by atoms with E-state index in [0.717, 1.165) is 13.0 Å². The molecule has 3 aromatic rings. The lowest BCUT2D eigenvalue weighted by atomic mass is 9.98. The minimum Gasteiger partial charge on any atom is -0.194 e. The summed E-state index contributed by atoms with van der Waals surface area (Å²) in [6, 6.07) is 18.1. The van der Waals surface area contributed by atoms with E-state index in [2.05, 4.69) is 66.2 Å². The first-order chi connectivity index (χ1) is 10.3. The summed E-state index contributed by atoms with van der Waals surface area (Å²) in [4.78, 5) is 0. The van der Waals surface area contributed by atoms with Crippen LogP contribution >= 0.6 is 0 Å². The fraction of sp³-hybridized carbons (Fsp3) is 0.150. The maximum Gasteiger partial charge on any atom is 0.213 e. The Hall–Kier alpha value is -2.41. The number of hydrogen-bond donors (Lipinski definition) is 0. The van der Waals surface area contributed by atoms with E-state index in [-0.39, 0.29) is 0 Å². The second-order valence-corrected chi connectivity index (χ2v) is 6.22. The Morgan fingerprint density at radius 3 is 2.67 bits per heavy atom. The first-order valence-corrected chi connectivity index (χ1v) is 7.54. The van der Waals surface area contributed by atoms with Crippen LogP contribution in [0.25, 0.3) is 22.4 Å². The zero-order valence-electron chi connectivity index (χ0n) is 12.1. The second-order valence-electron chi connectivity index (χ2n) is 6.22. The van der Waals surface area contributed by atoms with Crippen LogP contribution in [0.3, 0.4) is 0 Å². The molecular formula is C20H16N+. The molecule has 2 heterocycles. The van der Waals surface area contributed by atoms with Crippen molar-refractivity contribution in [2.45, 2.75) is 19.9 Å². The molecule has 1 aromatic heterocycles. The quantitative estimate of drug-likeness (QED) is 0.376. The molecule has 5 rings (SSSR count). The molecule has 1 heteroatoms. The first kappa shape index (κ1) is 11.3. The van der Waals surface area contributed by atoms with Gasteiger partial charge in [-0.3, -0.25) is 0 Å². The van der Waals surface area contributed by atoms with Gasteiger partial charge in [-0.1, -0.05) is 24.3 Å². The minimum absolute atomic E-state index is 1.01. The smallest absolute Gasteiger partial charge is 0.194 e. The van der Waals surface area contributed by atoms with Crippen LogP contribution in [0, 0.1) is 6.92 Å². The Bertz CT molecular complexity index is 906. The standard InChI is InChI=1S/C20H16N/c1-13-6-7-20-19-10-18-15(9-16(19)12-21(20)11-13)8-14-4-2-3-5-17(14)18/h2-7,9-11H,8,12H2,1H3/q+1. The van der Waals surface area contributed by atoms with Crippen molar-refractivity contribution in [2.75, 3.05) is 0 Å². The molecule has 0 N–H and O–H groups in total. The van der Waals surface area contributed by atoms with E-state index in [4.69, 9.17) is 0 Å². The minimum atomic E-state index is 1.01. The van der Waals surface area contributed by atoms with Gasteiger partial charge in [-0.05, 0) is 53.8 Å². The Balaban J connectivity index is 1.76. The van der Waals surface area contributed by atoms with Crippen molar-refractivity contribution >= 4 is 0 Å². The largest absolute Gasteiger partial charge is 0.213 e. The Labute approximate surface area is 124 Å². The fourth-order valence-electron chi connectivity index (χ4n) is 3.83. The molecule has 2 aromatic carbocycles. The zero-order chi connectivity index (χ0) is 14.0. The molecule has 0 saturated carbocycles. The summed E-state index contributed by atoms with van der Waals surface area (Å²) in [6.45, 7) is 3.17. The van der Waals surface area contributed by atoms with E-state index >= 15 is 0 Å². The molecule has 0 saturated heterocycles. The number of aryl methyl sites for hydroxylation is 1. The van der Waals surface area contributed by atoms with Gasteiger partial charge in [0.15, 0.2) is 12.7 Å². The predicted octanol–water partition coefficient (Wildman–Crippen LogP) is 3.88. The average molecular weight is 270 g/mol. The van der Waals surface area contributed by atoms with Crippen LogP contribution in [0.4, 0.5) is 0 Å². The number of nitrogens with zero attached hydrogens (tertiary/aromatic N) is 1. The van der Waals surface area contributed by atoms with Crippen LogP contribution in [0.2, 0.25) is 0 Å². The van der Waals surface area contributed by atoms with Gasteiger partial charge < -0.3 is 0 Å². The lowest BCUT2D eigenvalue weighted by Crippen LogP contribution is -2.32. The summed E-state index contributed by atoms with van der Waals surface area (Å²) in [6.07, 6.45) is 3.34. The number of pyridine rings is 1. The van der Waals surface area contributed by atoms with Crippen molar-refractivity contribution in [2.24, 2.45) is 0 Å². The van der Waals surface area contributed by atoms with Gasteiger partial charge in [-0.25, -0.2) is 0 Å². The van der Waals surface area contributed by atoms with Gasteiger partial charge in [0.25, 0.3) is 0 Å². The summed E-state index contributed by atoms with van der Waals surface area (Å²) in [5, 5.41) is 0. The summed E-state index contributed by atoms with van der Waals surface area (Å²) in [5.41, 5.74) is 11.3. The van der Waals surface area contributed by atoms with Gasteiger partial charge in [0, 0.05) is 17.2 Å². The lowest BCUT2D eigenvalue weighted by Gasteiger charge is -2.03. The van der Waals surface area contributed by atoms with Crippen molar-refractivity contribution in [1.82, 2.24) is 0 Å². The zero-order valence-corrected chi connectivity index (χ0v) is 12.1. The third kappa shape index (κ3) is 1.49. The summed E-state index contributed by atoms with van der Waals surface area (Å²) < 4.78 is 2.38. The second kappa shape index (κ2) is 3.82. The summed E-state index contributed by atoms with van der Waals surface area (Å²) >= 11 is 0. The third-order valence-electron chi connectivity index (χ3n) is 4.81. The SMILES string of the molecule is Cc1ccc2[n+](c1)Cc1cc3c(cc1-2)-c1ccccc1C3. The molecule has 1 aliphatic heterocycles. The van der Waals surface area contributed by atoms with Crippen molar-refractivity contribution in [3.63, 3.8) is 0 Å². The van der Waals surface area contributed by atoms with Crippen LogP contribution in [-0.2, 0) is 13.0 Å². The van der Waals surface area contributed by atoms with Crippen LogP contribution in [0.1, 0.15) is 22.3 Å². The van der Waals surface area contributed by atoms with Crippen molar-refractivity contribution in [3.05, 3.63) is 77.0 Å². The van der Waals surface area contributed by atoms with E-state index in [1.165, 1.54) is 44.6 Å². The van der Waals surface area contributed by atoms with Crippen LogP contribution in [0.5, 0.6) is 0 Å². The lowest BCUT2D eigenvalue weighted by molar-refractivity contribution is -0.672. The molecule has 21 heavy (non-hydrogen) atoms. The molecule has 100 valence electrons. The molecule has 0 bridgehead atoms. The normalized spacial score (nSPS) is 13.6. The van der Waals surface area contributed by atoms with Gasteiger partial charge in [0.1, 0.15) is 0 Å². The van der Waals surface area contributed by atoms with E-state index in [0.29, 0.717) is 0 Å². The maximum absolute atomic E-state index is 2.42. The number of benzene rings is 2. The predicted molar refractivity (Wildman–Crippen MR) is 84.2 cm³/mol. The van der Waals surface area contributed by atoms with Crippen LogP contribution in [-0.4, -0.2) is 0 Å². The van der Waals surface area contributed by atoms with Crippen molar-refractivity contribution < 1.29 is 4.57 Å². The summed E-state index contributed by atoms with van der Waals surface area (Å²) in [5.74, 6) is 0. The molecule has 1 nitrogen and oxygen atoms in total. The van der Waals surface area contributed by atoms with Crippen molar-refractivity contribution in [1.29, 1.82) is 0 Å². The van der Waals surface area contributed by atoms with E-state index in [9.17, 15) is 0 Å². The molecule has 2 aliphatic rings. The van der Waals surface area contributed by atoms with E-state index < -0.39 is 0 Å². The maximum atomic E-state index is 2.42. The molecule has 0 amide bonds.